The van der Waals surface area contributed by atoms with Gasteiger partial charge >= 0.3 is 12.1 Å². The van der Waals surface area contributed by atoms with Crippen LogP contribution in [0, 0.1) is 5.92 Å². The molecule has 13 nitrogen and oxygen atoms in total. The summed E-state index contributed by atoms with van der Waals surface area (Å²) in [5.41, 5.74) is 0.326. The molecule has 1 saturated heterocycles. The van der Waals surface area contributed by atoms with Gasteiger partial charge in [0.2, 0.25) is 17.7 Å². The summed E-state index contributed by atoms with van der Waals surface area (Å²) in [5.74, 6) is -2.57. The average molecular weight is 704 g/mol. The Morgan fingerprint density at radius 2 is 1.74 bits per heavy atom. The molecule has 50 heavy (non-hydrogen) atoms. The first-order chi connectivity index (χ1) is 24.2. The molecule has 0 radical (unpaired) electrons. The van der Waals surface area contributed by atoms with Crippen LogP contribution in [-0.4, -0.2) is 90.5 Å². The quantitative estimate of drug-likeness (QED) is 0.173. The van der Waals surface area contributed by atoms with Gasteiger partial charge in [0.25, 0.3) is 0 Å². The van der Waals surface area contributed by atoms with Crippen LogP contribution >= 0.6 is 11.3 Å². The lowest BCUT2D eigenvalue weighted by atomic mass is 10.0. The predicted octanol–water partition coefficient (Wildman–Crippen LogP) is 5.33. The number of thiophene rings is 1. The number of carboxylic acid groups (broad SMARTS) is 1. The van der Waals surface area contributed by atoms with Crippen LogP contribution in [0.3, 0.4) is 0 Å². The number of nitrogens with one attached hydrogen (secondary N) is 1. The Morgan fingerprint density at radius 1 is 0.980 bits per heavy atom. The summed E-state index contributed by atoms with van der Waals surface area (Å²) in [6, 6.07) is 8.74. The van der Waals surface area contributed by atoms with Crippen molar-refractivity contribution >= 4 is 46.2 Å². The standard InChI is InChI=1S/C36H41N5O8S/c42-31-28-19-24(48-32-30(29-17-10-18-50-29)37-25-14-8-9-15-26(25)38-32)21-40(28)33(43)27(41(47)35(46)49-23-12-6-7-13-23)16-5-3-1-2-4-11-22-20-36(22,39-31)34(44)45/h4,8-11,14-15,17-18,22-24,27-28,47H,1-3,5-7,12-13,16,19-21H2,(H,39,42)(H,44,45)/b11-4-/t22?,24-,27-,28+,36-/m1/s1. The van der Waals surface area contributed by atoms with Gasteiger partial charge in [-0.3, -0.25) is 14.8 Å². The molecule has 264 valence electrons. The molecule has 2 aromatic heterocycles. The number of carboxylic acids is 1. The lowest BCUT2D eigenvalue weighted by Crippen LogP contribution is -2.56. The van der Waals surface area contributed by atoms with Crippen LogP contribution in [0.2, 0.25) is 0 Å². The first kappa shape index (κ1) is 33.9. The normalized spacial score (nSPS) is 28.1. The molecule has 3 N–H and O–H groups in total. The van der Waals surface area contributed by atoms with E-state index in [0.717, 1.165) is 24.1 Å². The van der Waals surface area contributed by atoms with Crippen LogP contribution in [0.5, 0.6) is 5.88 Å². The minimum Gasteiger partial charge on any atom is -0.479 e. The molecule has 0 bridgehead atoms. The van der Waals surface area contributed by atoms with Crippen molar-refractivity contribution in [3.8, 4) is 16.5 Å². The van der Waals surface area contributed by atoms with Crippen molar-refractivity contribution in [2.45, 2.75) is 100 Å². The van der Waals surface area contributed by atoms with E-state index in [1.165, 1.54) is 16.2 Å². The molecule has 0 spiro atoms. The molecular weight excluding hydrogens is 662 g/mol. The van der Waals surface area contributed by atoms with E-state index < -0.39 is 47.6 Å². The third-order valence-corrected chi connectivity index (χ3v) is 11.1. The number of hydroxylamine groups is 2. The number of ether oxygens (including phenoxy) is 2. The van der Waals surface area contributed by atoms with Crippen molar-refractivity contribution < 1.29 is 39.0 Å². The van der Waals surface area contributed by atoms with Crippen molar-refractivity contribution in [3.63, 3.8) is 0 Å². The molecule has 2 aliphatic carbocycles. The van der Waals surface area contributed by atoms with Gasteiger partial charge in [0.15, 0.2) is 0 Å². The van der Waals surface area contributed by atoms with Crippen LogP contribution < -0.4 is 10.1 Å². The van der Waals surface area contributed by atoms with Gasteiger partial charge in [-0.25, -0.2) is 19.6 Å². The Kier molecular flexibility index (Phi) is 9.73. The second-order valence-electron chi connectivity index (χ2n) is 13.6. The largest absolute Gasteiger partial charge is 0.479 e. The minimum absolute atomic E-state index is 0.0246. The summed E-state index contributed by atoms with van der Waals surface area (Å²) >= 11 is 1.47. The van der Waals surface area contributed by atoms with Crippen LogP contribution in [0.15, 0.2) is 53.9 Å². The Bertz CT molecular complexity index is 1780. The highest BCUT2D eigenvalue weighted by Crippen LogP contribution is 2.45. The molecule has 2 saturated carbocycles. The molecule has 14 heteroatoms. The number of aromatic nitrogens is 2. The molecule has 2 aliphatic heterocycles. The van der Waals surface area contributed by atoms with Gasteiger partial charge < -0.3 is 24.8 Å². The highest BCUT2D eigenvalue weighted by molar-refractivity contribution is 7.13. The molecular formula is C36H41N5O8S. The number of amides is 3. The predicted molar refractivity (Wildman–Crippen MR) is 182 cm³/mol. The summed E-state index contributed by atoms with van der Waals surface area (Å²) in [7, 11) is 0. The van der Waals surface area contributed by atoms with Gasteiger partial charge in [0.05, 0.1) is 22.5 Å². The molecule has 4 aliphatic rings. The third kappa shape index (κ3) is 6.91. The van der Waals surface area contributed by atoms with Crippen molar-refractivity contribution in [3.05, 3.63) is 53.9 Å². The van der Waals surface area contributed by atoms with Gasteiger partial charge in [-0.2, -0.15) is 5.06 Å². The zero-order valence-corrected chi connectivity index (χ0v) is 28.4. The highest BCUT2D eigenvalue weighted by Gasteiger charge is 2.61. The molecule has 1 unspecified atom stereocenters. The summed E-state index contributed by atoms with van der Waals surface area (Å²) in [6.07, 6.45) is 8.06. The lowest BCUT2D eigenvalue weighted by Gasteiger charge is -2.32. The fourth-order valence-corrected chi connectivity index (χ4v) is 8.05. The molecule has 3 amide bonds. The number of para-hydroxylation sites is 2. The van der Waals surface area contributed by atoms with E-state index in [2.05, 4.69) is 5.32 Å². The van der Waals surface area contributed by atoms with Crippen LogP contribution in [-0.2, 0) is 19.1 Å². The van der Waals surface area contributed by atoms with Gasteiger partial charge in [-0.1, -0.05) is 43.2 Å². The maximum atomic E-state index is 14.5. The average Bonchev–Trinajstić information content (AvgIpc) is 3.60. The number of carbonyl (C=O) groups is 4. The Balaban J connectivity index is 1.20. The minimum atomic E-state index is -1.48. The maximum absolute atomic E-state index is 14.5. The van der Waals surface area contributed by atoms with Gasteiger partial charge in [-0.15, -0.1) is 11.3 Å². The van der Waals surface area contributed by atoms with E-state index in [4.69, 9.17) is 19.4 Å². The second kappa shape index (κ2) is 14.4. The first-order valence-electron chi connectivity index (χ1n) is 17.4. The molecule has 3 aromatic rings. The van der Waals surface area contributed by atoms with Crippen LogP contribution in [0.1, 0.15) is 70.6 Å². The summed E-state index contributed by atoms with van der Waals surface area (Å²) in [6.45, 7) is -0.0687. The highest BCUT2D eigenvalue weighted by atomic mass is 32.1. The summed E-state index contributed by atoms with van der Waals surface area (Å²) in [5, 5.41) is 26.4. The number of hydrogen-bond acceptors (Lipinski definition) is 10. The van der Waals surface area contributed by atoms with Crippen LogP contribution in [0.25, 0.3) is 21.6 Å². The van der Waals surface area contributed by atoms with E-state index >= 15 is 0 Å². The Morgan fingerprint density at radius 3 is 2.48 bits per heavy atom. The zero-order valence-electron chi connectivity index (χ0n) is 27.6. The van der Waals surface area contributed by atoms with E-state index in [1.54, 1.807) is 0 Å². The number of aliphatic carboxylic acids is 1. The molecule has 3 fully saturated rings. The fourth-order valence-electron chi connectivity index (χ4n) is 7.35. The monoisotopic (exact) mass is 703 g/mol. The van der Waals surface area contributed by atoms with Gasteiger partial charge in [-0.05, 0) is 74.9 Å². The number of nitrogens with zero attached hydrogens (tertiary/aromatic N) is 4. The molecule has 1 aromatic carbocycles. The number of allylic oxidation sites excluding steroid dienone is 1. The number of hydrogen-bond donors (Lipinski definition) is 3. The second-order valence-corrected chi connectivity index (χ2v) is 14.6. The maximum Gasteiger partial charge on any atom is 0.434 e. The third-order valence-electron chi connectivity index (χ3n) is 10.2. The Hall–Kier alpha value is -4.56. The fraction of sp³-hybridized carbons (Fsp3) is 0.500. The number of benzene rings is 1. The zero-order chi connectivity index (χ0) is 34.8. The molecule has 7 rings (SSSR count). The molecule has 5 atom stereocenters. The van der Waals surface area contributed by atoms with E-state index in [0.29, 0.717) is 53.9 Å². The smallest absolute Gasteiger partial charge is 0.434 e. The van der Waals surface area contributed by atoms with E-state index in [-0.39, 0.29) is 43.7 Å². The van der Waals surface area contributed by atoms with Crippen molar-refractivity contribution in [1.82, 2.24) is 25.2 Å². The SMILES string of the molecule is O=C1N[C@]2(C(=O)O)CC2/C=C\CCCCC[C@@H](N(O)C(=O)OC2CCCC2)C(=O)N2C[C@H](Oc3nc4ccccc4nc3-c3cccs3)C[C@@H]12. The first-order valence-corrected chi connectivity index (χ1v) is 18.3. The lowest BCUT2D eigenvalue weighted by molar-refractivity contribution is -0.160. The van der Waals surface area contributed by atoms with Crippen LogP contribution in [0.4, 0.5) is 4.79 Å². The summed E-state index contributed by atoms with van der Waals surface area (Å²) in [4.78, 5) is 65.8. The van der Waals surface area contributed by atoms with Crippen molar-refractivity contribution in [2.24, 2.45) is 5.92 Å². The van der Waals surface area contributed by atoms with E-state index in [1.807, 2.05) is 53.9 Å². The van der Waals surface area contributed by atoms with Crippen molar-refractivity contribution in [1.29, 1.82) is 0 Å². The van der Waals surface area contributed by atoms with Gasteiger partial charge in [0.1, 0.15) is 35.5 Å². The van der Waals surface area contributed by atoms with E-state index in [9.17, 15) is 29.5 Å². The summed E-state index contributed by atoms with van der Waals surface area (Å²) < 4.78 is 12.0. The Labute approximate surface area is 293 Å². The number of fused-ring (bicyclic) bond motifs is 3. The number of carbonyl (C=O) groups excluding carboxylic acids is 3. The van der Waals surface area contributed by atoms with Crippen molar-refractivity contribution in [2.75, 3.05) is 6.54 Å². The topological polar surface area (TPSA) is 171 Å². The number of rotatable bonds is 6. The van der Waals surface area contributed by atoms with Gasteiger partial charge in [0, 0.05) is 12.3 Å². The molecule has 4 heterocycles.